The summed E-state index contributed by atoms with van der Waals surface area (Å²) in [6, 6.07) is 4.11. The van der Waals surface area contributed by atoms with Gasteiger partial charge in [-0.05, 0) is 44.5 Å². The summed E-state index contributed by atoms with van der Waals surface area (Å²) >= 11 is 0. The number of rotatable bonds is 10. The standard InChI is InChI=1S/C18H27F3N4O2.HI/c1-3-22-17(24-10-5-13-27-4-2)25-12-11-23-16(26)14-6-8-15(9-7-14)18(19,20)21;/h6-9H,3-5,10-13H2,1-2H3,(H,23,26)(H2,22,24,25);1H. The molecule has 0 unspecified atom stereocenters. The maximum Gasteiger partial charge on any atom is 0.416 e. The number of halogens is 4. The highest BCUT2D eigenvalue weighted by Crippen LogP contribution is 2.28. The predicted octanol–water partition coefficient (Wildman–Crippen LogP) is 3.03. The highest BCUT2D eigenvalue weighted by molar-refractivity contribution is 14.0. The second-order valence-electron chi connectivity index (χ2n) is 5.57. The van der Waals surface area contributed by atoms with Crippen LogP contribution in [0.5, 0.6) is 0 Å². The summed E-state index contributed by atoms with van der Waals surface area (Å²) in [5.41, 5.74) is -0.601. The molecule has 0 aromatic heterocycles. The number of carbonyl (C=O) groups is 1. The normalized spacial score (nSPS) is 11.5. The summed E-state index contributed by atoms with van der Waals surface area (Å²) in [7, 11) is 0. The average Bonchev–Trinajstić information content (AvgIpc) is 2.64. The molecule has 0 radical (unpaired) electrons. The Hall–Kier alpha value is -1.56. The SMILES string of the molecule is CCNC(=NCCCOCC)NCCNC(=O)c1ccc(C(F)(F)F)cc1.I. The van der Waals surface area contributed by atoms with Crippen molar-refractivity contribution in [3.63, 3.8) is 0 Å². The molecule has 3 N–H and O–H groups in total. The molecule has 28 heavy (non-hydrogen) atoms. The molecule has 1 aromatic carbocycles. The first kappa shape index (κ1) is 26.4. The van der Waals surface area contributed by atoms with Crippen molar-refractivity contribution in [2.24, 2.45) is 4.99 Å². The van der Waals surface area contributed by atoms with Crippen molar-refractivity contribution in [1.29, 1.82) is 0 Å². The number of nitrogens with one attached hydrogen (secondary N) is 3. The Morgan fingerprint density at radius 3 is 2.29 bits per heavy atom. The van der Waals surface area contributed by atoms with Gasteiger partial charge < -0.3 is 20.7 Å². The number of aliphatic imine (C=N–C) groups is 1. The Kier molecular flexibility index (Phi) is 13.6. The van der Waals surface area contributed by atoms with Crippen molar-refractivity contribution < 1.29 is 22.7 Å². The minimum Gasteiger partial charge on any atom is -0.382 e. The fourth-order valence-corrected chi connectivity index (χ4v) is 2.11. The van der Waals surface area contributed by atoms with Crippen molar-refractivity contribution in [3.8, 4) is 0 Å². The lowest BCUT2D eigenvalue weighted by atomic mass is 10.1. The van der Waals surface area contributed by atoms with E-state index < -0.39 is 17.6 Å². The molecule has 0 aliphatic heterocycles. The molecule has 1 rings (SSSR count). The Morgan fingerprint density at radius 2 is 1.71 bits per heavy atom. The van der Waals surface area contributed by atoms with Crippen molar-refractivity contribution in [2.75, 3.05) is 39.4 Å². The number of ether oxygens (including phenoxy) is 1. The number of amides is 1. The van der Waals surface area contributed by atoms with Gasteiger partial charge >= 0.3 is 6.18 Å². The molecule has 0 fully saturated rings. The Balaban J connectivity index is 0.00000729. The van der Waals surface area contributed by atoms with E-state index >= 15 is 0 Å². The molecule has 1 aromatic rings. The molecule has 0 heterocycles. The summed E-state index contributed by atoms with van der Waals surface area (Å²) in [5, 5.41) is 8.83. The van der Waals surface area contributed by atoms with E-state index in [9.17, 15) is 18.0 Å². The average molecular weight is 516 g/mol. The summed E-state index contributed by atoms with van der Waals surface area (Å²) < 4.78 is 42.8. The first-order chi connectivity index (χ1) is 12.9. The van der Waals surface area contributed by atoms with E-state index in [1.165, 1.54) is 0 Å². The van der Waals surface area contributed by atoms with Crippen LogP contribution < -0.4 is 16.0 Å². The molecule has 160 valence electrons. The van der Waals surface area contributed by atoms with Crippen LogP contribution >= 0.6 is 24.0 Å². The first-order valence-corrected chi connectivity index (χ1v) is 8.93. The molecule has 0 saturated carbocycles. The fraction of sp³-hybridized carbons (Fsp3) is 0.556. The van der Waals surface area contributed by atoms with Crippen LogP contribution in [0.1, 0.15) is 36.2 Å². The van der Waals surface area contributed by atoms with Gasteiger partial charge in [-0.25, -0.2) is 0 Å². The van der Waals surface area contributed by atoms with Crippen LogP contribution in [0.4, 0.5) is 13.2 Å². The molecule has 0 atom stereocenters. The van der Waals surface area contributed by atoms with E-state index in [1.807, 2.05) is 13.8 Å². The molecular weight excluding hydrogens is 488 g/mol. The van der Waals surface area contributed by atoms with E-state index in [4.69, 9.17) is 4.74 Å². The number of alkyl halides is 3. The second-order valence-corrected chi connectivity index (χ2v) is 5.57. The van der Waals surface area contributed by atoms with Crippen LogP contribution in [0.25, 0.3) is 0 Å². The summed E-state index contributed by atoms with van der Waals surface area (Å²) in [6.45, 7) is 7.29. The minimum absolute atomic E-state index is 0. The van der Waals surface area contributed by atoms with E-state index in [0.717, 1.165) is 30.7 Å². The molecule has 1 amide bonds. The molecule has 0 saturated heterocycles. The van der Waals surface area contributed by atoms with Gasteiger partial charge in [-0.2, -0.15) is 13.2 Å². The van der Waals surface area contributed by atoms with Gasteiger partial charge in [-0.15, -0.1) is 24.0 Å². The first-order valence-electron chi connectivity index (χ1n) is 8.93. The zero-order chi connectivity index (χ0) is 20.1. The van der Waals surface area contributed by atoms with Gasteiger partial charge in [0, 0.05) is 45.0 Å². The van der Waals surface area contributed by atoms with Gasteiger partial charge in [-0.3, -0.25) is 9.79 Å². The van der Waals surface area contributed by atoms with E-state index in [-0.39, 0.29) is 29.5 Å². The molecule has 10 heteroatoms. The fourth-order valence-electron chi connectivity index (χ4n) is 2.11. The molecule has 0 aliphatic carbocycles. The van der Waals surface area contributed by atoms with Crippen molar-refractivity contribution in [1.82, 2.24) is 16.0 Å². The van der Waals surface area contributed by atoms with Crippen molar-refractivity contribution >= 4 is 35.8 Å². The smallest absolute Gasteiger partial charge is 0.382 e. The van der Waals surface area contributed by atoms with Crippen LogP contribution in [0.15, 0.2) is 29.3 Å². The molecule has 0 bridgehead atoms. The number of guanidine groups is 1. The largest absolute Gasteiger partial charge is 0.416 e. The number of hydrogen-bond donors (Lipinski definition) is 3. The zero-order valence-corrected chi connectivity index (χ0v) is 18.4. The van der Waals surface area contributed by atoms with Gasteiger partial charge in [0.2, 0.25) is 0 Å². The van der Waals surface area contributed by atoms with Crippen molar-refractivity contribution in [3.05, 3.63) is 35.4 Å². The number of nitrogens with zero attached hydrogens (tertiary/aromatic N) is 1. The highest BCUT2D eigenvalue weighted by atomic mass is 127. The van der Waals surface area contributed by atoms with Gasteiger partial charge in [-0.1, -0.05) is 0 Å². The van der Waals surface area contributed by atoms with Gasteiger partial charge in [0.25, 0.3) is 5.91 Å². The number of carbonyl (C=O) groups excluding carboxylic acids is 1. The van der Waals surface area contributed by atoms with Gasteiger partial charge in [0.15, 0.2) is 5.96 Å². The Bertz CT molecular complexity index is 595. The quantitative estimate of drug-likeness (QED) is 0.194. The third-order valence-corrected chi connectivity index (χ3v) is 3.44. The lowest BCUT2D eigenvalue weighted by molar-refractivity contribution is -0.137. The van der Waals surface area contributed by atoms with Crippen LogP contribution in [0, 0.1) is 0 Å². The lowest BCUT2D eigenvalue weighted by Gasteiger charge is -2.12. The van der Waals surface area contributed by atoms with Gasteiger partial charge in [0.05, 0.1) is 5.56 Å². The zero-order valence-electron chi connectivity index (χ0n) is 16.1. The Labute approximate surface area is 180 Å². The van der Waals surface area contributed by atoms with Crippen LogP contribution in [-0.2, 0) is 10.9 Å². The third kappa shape index (κ3) is 10.7. The monoisotopic (exact) mass is 516 g/mol. The number of benzene rings is 1. The lowest BCUT2D eigenvalue weighted by Crippen LogP contribution is -2.41. The molecule has 6 nitrogen and oxygen atoms in total. The third-order valence-electron chi connectivity index (χ3n) is 3.44. The maximum atomic E-state index is 12.5. The van der Waals surface area contributed by atoms with E-state index in [2.05, 4.69) is 20.9 Å². The molecule has 0 aliphatic rings. The van der Waals surface area contributed by atoms with Crippen LogP contribution in [0.2, 0.25) is 0 Å². The van der Waals surface area contributed by atoms with Gasteiger partial charge in [0.1, 0.15) is 0 Å². The number of hydrogen-bond acceptors (Lipinski definition) is 3. The Morgan fingerprint density at radius 1 is 1.07 bits per heavy atom. The summed E-state index contributed by atoms with van der Waals surface area (Å²) in [4.78, 5) is 16.4. The molecule has 0 spiro atoms. The summed E-state index contributed by atoms with van der Waals surface area (Å²) in [5.74, 6) is 0.210. The summed E-state index contributed by atoms with van der Waals surface area (Å²) in [6.07, 6.45) is -3.60. The topological polar surface area (TPSA) is 74.8 Å². The van der Waals surface area contributed by atoms with E-state index in [0.29, 0.717) is 45.4 Å². The predicted molar refractivity (Wildman–Crippen MR) is 114 cm³/mol. The maximum absolute atomic E-state index is 12.5. The highest BCUT2D eigenvalue weighted by Gasteiger charge is 2.30. The minimum atomic E-state index is -4.41. The molecular formula is C18H28F3IN4O2. The van der Waals surface area contributed by atoms with Crippen LogP contribution in [0.3, 0.4) is 0 Å². The van der Waals surface area contributed by atoms with Crippen LogP contribution in [-0.4, -0.2) is 51.3 Å². The second kappa shape index (κ2) is 14.4. The van der Waals surface area contributed by atoms with Crippen molar-refractivity contribution in [2.45, 2.75) is 26.4 Å². The van der Waals surface area contributed by atoms with E-state index in [1.54, 1.807) is 0 Å².